The number of hydrogen-bond acceptors (Lipinski definition) is 7. The minimum atomic E-state index is -0.617. The molecule has 1 aromatic rings. The summed E-state index contributed by atoms with van der Waals surface area (Å²) in [5.41, 5.74) is 0. The van der Waals surface area contributed by atoms with Crippen LogP contribution in [0.25, 0.3) is 0 Å². The third-order valence-corrected chi connectivity index (χ3v) is 3.33. The predicted molar refractivity (Wildman–Crippen MR) is 90.2 cm³/mol. The first-order valence-corrected chi connectivity index (χ1v) is 7.67. The zero-order valence-corrected chi connectivity index (χ0v) is 13.9. The topological polar surface area (TPSA) is 85.0 Å². The molecule has 0 aromatic carbocycles. The Balaban J connectivity index is 2.09. The molecular weight excluding hydrogens is 320 g/mol. The maximum Gasteiger partial charge on any atom is 0.413 e. The van der Waals surface area contributed by atoms with Gasteiger partial charge in [0.25, 0.3) is 0 Å². The van der Waals surface area contributed by atoms with Gasteiger partial charge in [-0.2, -0.15) is 0 Å². The first kappa shape index (κ1) is 17.2. The molecule has 0 atom stereocenters. The van der Waals surface area contributed by atoms with Gasteiger partial charge in [-0.3, -0.25) is 5.32 Å². The van der Waals surface area contributed by atoms with Gasteiger partial charge in [0, 0.05) is 13.1 Å². The van der Waals surface area contributed by atoms with Gasteiger partial charge in [0.05, 0.1) is 26.9 Å². The van der Waals surface area contributed by atoms with E-state index in [2.05, 4.69) is 20.5 Å². The van der Waals surface area contributed by atoms with Crippen LogP contribution < -0.4 is 20.3 Å². The highest BCUT2D eigenvalue weighted by molar-refractivity contribution is 7.80. The summed E-state index contributed by atoms with van der Waals surface area (Å²) in [4.78, 5) is 18.0. The maximum absolute atomic E-state index is 11.4. The van der Waals surface area contributed by atoms with Crippen LogP contribution in [-0.4, -0.2) is 56.2 Å². The van der Waals surface area contributed by atoms with Crippen molar-refractivity contribution in [2.45, 2.75) is 6.92 Å². The Labute approximate surface area is 140 Å². The normalized spacial score (nSPS) is 14.1. The monoisotopic (exact) mass is 340 g/mol. The van der Waals surface area contributed by atoms with Crippen molar-refractivity contribution in [3.8, 4) is 5.75 Å². The summed E-state index contributed by atoms with van der Waals surface area (Å²) in [7, 11) is 1.54. The number of alkyl carbamates (subject to hydrolysis) is 1. The van der Waals surface area contributed by atoms with Gasteiger partial charge >= 0.3 is 6.09 Å². The SMILES string of the molecule is CCOC(=O)NC(=S)Nc1nc(N2CCOCC2)ccc1OC. The minimum Gasteiger partial charge on any atom is -0.493 e. The van der Waals surface area contributed by atoms with Crippen molar-refractivity contribution in [1.82, 2.24) is 10.3 Å². The van der Waals surface area contributed by atoms with Crippen LogP contribution in [-0.2, 0) is 9.47 Å². The fourth-order valence-corrected chi connectivity index (χ4v) is 2.24. The molecule has 1 aromatic heterocycles. The van der Waals surface area contributed by atoms with Crippen molar-refractivity contribution in [2.24, 2.45) is 0 Å². The van der Waals surface area contributed by atoms with Crippen LogP contribution in [0.15, 0.2) is 12.1 Å². The number of amides is 1. The lowest BCUT2D eigenvalue weighted by molar-refractivity contribution is 0.122. The van der Waals surface area contributed by atoms with Gasteiger partial charge in [-0.25, -0.2) is 9.78 Å². The number of rotatable bonds is 4. The highest BCUT2D eigenvalue weighted by Gasteiger charge is 2.16. The average Bonchev–Trinajstić information content (AvgIpc) is 2.55. The number of nitrogens with zero attached hydrogens (tertiary/aromatic N) is 2. The van der Waals surface area contributed by atoms with E-state index in [9.17, 15) is 4.79 Å². The second-order valence-electron chi connectivity index (χ2n) is 4.62. The van der Waals surface area contributed by atoms with Crippen LogP contribution in [0.2, 0.25) is 0 Å². The van der Waals surface area contributed by atoms with E-state index in [-0.39, 0.29) is 11.7 Å². The Morgan fingerprint density at radius 3 is 2.83 bits per heavy atom. The Kier molecular flexibility index (Phi) is 6.36. The number of methoxy groups -OCH3 is 1. The summed E-state index contributed by atoms with van der Waals surface area (Å²) in [5.74, 6) is 1.74. The summed E-state index contributed by atoms with van der Waals surface area (Å²) >= 11 is 5.08. The molecule has 1 aliphatic rings. The van der Waals surface area contributed by atoms with E-state index in [0.717, 1.165) is 18.9 Å². The molecule has 1 saturated heterocycles. The van der Waals surface area contributed by atoms with E-state index >= 15 is 0 Å². The second kappa shape index (κ2) is 8.49. The van der Waals surface area contributed by atoms with Crippen LogP contribution in [0.1, 0.15) is 6.92 Å². The molecule has 0 spiro atoms. The van der Waals surface area contributed by atoms with Gasteiger partial charge in [0.15, 0.2) is 16.7 Å². The molecule has 1 fully saturated rings. The summed E-state index contributed by atoms with van der Waals surface area (Å²) in [6, 6.07) is 3.67. The molecular formula is C14H20N4O4S. The molecule has 9 heteroatoms. The van der Waals surface area contributed by atoms with Crippen molar-refractivity contribution >= 4 is 35.1 Å². The zero-order valence-electron chi connectivity index (χ0n) is 13.1. The van der Waals surface area contributed by atoms with Gasteiger partial charge in [-0.1, -0.05) is 0 Å². The van der Waals surface area contributed by atoms with Crippen molar-refractivity contribution < 1.29 is 19.0 Å². The number of carbonyl (C=O) groups is 1. The second-order valence-corrected chi connectivity index (χ2v) is 5.03. The van der Waals surface area contributed by atoms with Crippen LogP contribution in [0.5, 0.6) is 5.75 Å². The highest BCUT2D eigenvalue weighted by Crippen LogP contribution is 2.26. The van der Waals surface area contributed by atoms with Gasteiger partial charge in [-0.15, -0.1) is 0 Å². The lowest BCUT2D eigenvalue weighted by Gasteiger charge is -2.28. The average molecular weight is 340 g/mol. The van der Waals surface area contributed by atoms with Crippen LogP contribution in [0, 0.1) is 0 Å². The minimum absolute atomic E-state index is 0.0911. The zero-order chi connectivity index (χ0) is 16.7. The van der Waals surface area contributed by atoms with Gasteiger partial charge in [0.1, 0.15) is 5.82 Å². The Bertz CT molecular complexity index is 564. The largest absolute Gasteiger partial charge is 0.493 e. The number of carbonyl (C=O) groups excluding carboxylic acids is 1. The van der Waals surface area contributed by atoms with E-state index in [4.69, 9.17) is 26.4 Å². The molecule has 2 heterocycles. The molecule has 0 bridgehead atoms. The molecule has 0 saturated carbocycles. The van der Waals surface area contributed by atoms with E-state index in [1.54, 1.807) is 20.1 Å². The quantitative estimate of drug-likeness (QED) is 0.795. The summed E-state index contributed by atoms with van der Waals surface area (Å²) in [6.45, 7) is 4.85. The predicted octanol–water partition coefficient (Wildman–Crippen LogP) is 1.37. The van der Waals surface area contributed by atoms with Gasteiger partial charge in [0.2, 0.25) is 0 Å². The Hall–Kier alpha value is -2.13. The standard InChI is InChI=1S/C14H20N4O4S/c1-3-22-14(19)17-13(23)16-12-10(20-2)4-5-11(15-12)18-6-8-21-9-7-18/h4-5H,3,6-9H2,1-2H3,(H2,15,16,17,19,23). The highest BCUT2D eigenvalue weighted by atomic mass is 32.1. The molecule has 1 amide bonds. The smallest absolute Gasteiger partial charge is 0.413 e. The van der Waals surface area contributed by atoms with E-state index in [0.29, 0.717) is 24.8 Å². The number of hydrogen-bond donors (Lipinski definition) is 2. The fourth-order valence-electron chi connectivity index (χ4n) is 2.06. The van der Waals surface area contributed by atoms with Gasteiger partial charge < -0.3 is 24.4 Å². The lowest BCUT2D eigenvalue weighted by atomic mass is 10.3. The van der Waals surface area contributed by atoms with E-state index in [1.807, 2.05) is 6.07 Å². The molecule has 0 aliphatic carbocycles. The number of ether oxygens (including phenoxy) is 3. The van der Waals surface area contributed by atoms with Crippen molar-refractivity contribution in [1.29, 1.82) is 0 Å². The molecule has 126 valence electrons. The molecule has 0 unspecified atom stereocenters. The van der Waals surface area contributed by atoms with Crippen LogP contribution >= 0.6 is 12.2 Å². The number of aromatic nitrogens is 1. The van der Waals surface area contributed by atoms with Crippen molar-refractivity contribution in [3.63, 3.8) is 0 Å². The number of nitrogens with one attached hydrogen (secondary N) is 2. The van der Waals surface area contributed by atoms with Crippen molar-refractivity contribution in [2.75, 3.05) is 50.2 Å². The Morgan fingerprint density at radius 2 is 2.17 bits per heavy atom. The number of morpholine rings is 1. The van der Waals surface area contributed by atoms with Crippen molar-refractivity contribution in [3.05, 3.63) is 12.1 Å². The number of thiocarbonyl (C=S) groups is 1. The molecule has 8 nitrogen and oxygen atoms in total. The lowest BCUT2D eigenvalue weighted by Crippen LogP contribution is -2.37. The fraction of sp³-hybridized carbons (Fsp3) is 0.500. The first-order valence-electron chi connectivity index (χ1n) is 7.26. The molecule has 1 aliphatic heterocycles. The first-order chi connectivity index (χ1) is 11.1. The summed E-state index contributed by atoms with van der Waals surface area (Å²) in [5, 5.41) is 5.36. The molecule has 0 radical (unpaired) electrons. The van der Waals surface area contributed by atoms with E-state index in [1.165, 1.54) is 0 Å². The van der Waals surface area contributed by atoms with Gasteiger partial charge in [-0.05, 0) is 31.3 Å². The number of pyridine rings is 1. The third-order valence-electron chi connectivity index (χ3n) is 3.12. The maximum atomic E-state index is 11.4. The third kappa shape index (κ3) is 4.93. The Morgan fingerprint density at radius 1 is 1.43 bits per heavy atom. The number of anilines is 2. The summed E-state index contributed by atoms with van der Waals surface area (Å²) in [6.07, 6.45) is -0.617. The molecule has 2 rings (SSSR count). The summed E-state index contributed by atoms with van der Waals surface area (Å²) < 4.78 is 15.4. The molecule has 23 heavy (non-hydrogen) atoms. The molecule has 2 N–H and O–H groups in total. The van der Waals surface area contributed by atoms with Crippen LogP contribution in [0.3, 0.4) is 0 Å². The van der Waals surface area contributed by atoms with E-state index < -0.39 is 6.09 Å². The van der Waals surface area contributed by atoms with Crippen LogP contribution in [0.4, 0.5) is 16.4 Å².